The molecule has 2 fully saturated rings. The van der Waals surface area contributed by atoms with Crippen molar-refractivity contribution in [3.8, 4) is 0 Å². The monoisotopic (exact) mass is 330 g/mol. The van der Waals surface area contributed by atoms with Crippen LogP contribution >= 0.6 is 0 Å². The van der Waals surface area contributed by atoms with E-state index in [-0.39, 0.29) is 12.0 Å². The van der Waals surface area contributed by atoms with Crippen LogP contribution < -0.4 is 0 Å². The number of ether oxygens (including phenoxy) is 1. The molecule has 0 radical (unpaired) electrons. The predicted octanol–water partition coefficient (Wildman–Crippen LogP) is 0.986. The van der Waals surface area contributed by atoms with Crippen molar-refractivity contribution >= 4 is 5.91 Å². The fourth-order valence-corrected chi connectivity index (χ4v) is 3.65. The topological polar surface area (TPSA) is 63.7 Å². The number of amides is 1. The van der Waals surface area contributed by atoms with Gasteiger partial charge < -0.3 is 14.1 Å². The predicted molar refractivity (Wildman–Crippen MR) is 86.3 cm³/mol. The summed E-state index contributed by atoms with van der Waals surface area (Å²) >= 11 is 0. The third-order valence-corrected chi connectivity index (χ3v) is 4.83. The average Bonchev–Trinajstić information content (AvgIpc) is 3.28. The van der Waals surface area contributed by atoms with Gasteiger partial charge in [0.25, 0.3) is 5.91 Å². The molecular formula is C17H22N4O3. The van der Waals surface area contributed by atoms with Crippen LogP contribution in [-0.4, -0.2) is 64.4 Å². The Bertz CT molecular complexity index is 697. The van der Waals surface area contributed by atoms with Crippen molar-refractivity contribution in [2.45, 2.75) is 12.6 Å². The Morgan fingerprint density at radius 3 is 3.04 bits per heavy atom. The molecule has 0 bridgehead atoms. The van der Waals surface area contributed by atoms with Crippen LogP contribution in [0.4, 0.5) is 0 Å². The molecule has 1 amide bonds. The van der Waals surface area contributed by atoms with Gasteiger partial charge in [-0.25, -0.2) is 0 Å². The molecule has 0 unspecified atom stereocenters. The maximum absolute atomic E-state index is 12.5. The first-order valence-corrected chi connectivity index (χ1v) is 8.32. The summed E-state index contributed by atoms with van der Waals surface area (Å²) in [7, 11) is 1.93. The Kier molecular flexibility index (Phi) is 4.12. The largest absolute Gasteiger partial charge is 0.472 e. The molecule has 7 nitrogen and oxygen atoms in total. The van der Waals surface area contributed by atoms with Gasteiger partial charge in [-0.3, -0.25) is 14.4 Å². The minimum atomic E-state index is 0.0271. The molecule has 2 aromatic heterocycles. The zero-order valence-corrected chi connectivity index (χ0v) is 13.8. The molecule has 7 heteroatoms. The van der Waals surface area contributed by atoms with Gasteiger partial charge in [0.1, 0.15) is 6.26 Å². The van der Waals surface area contributed by atoms with Crippen LogP contribution in [0.1, 0.15) is 15.9 Å². The Labute approximate surface area is 140 Å². The van der Waals surface area contributed by atoms with Crippen molar-refractivity contribution in [1.82, 2.24) is 19.6 Å². The molecule has 0 spiro atoms. The van der Waals surface area contributed by atoms with E-state index < -0.39 is 0 Å². The van der Waals surface area contributed by atoms with Crippen molar-refractivity contribution < 1.29 is 13.9 Å². The zero-order valence-electron chi connectivity index (χ0n) is 13.8. The number of hydrogen-bond donors (Lipinski definition) is 0. The molecule has 24 heavy (non-hydrogen) atoms. The van der Waals surface area contributed by atoms with Gasteiger partial charge in [-0.15, -0.1) is 0 Å². The zero-order chi connectivity index (χ0) is 16.5. The van der Waals surface area contributed by atoms with Gasteiger partial charge >= 0.3 is 0 Å². The molecule has 0 aromatic carbocycles. The van der Waals surface area contributed by atoms with E-state index in [9.17, 15) is 4.79 Å². The van der Waals surface area contributed by atoms with E-state index >= 15 is 0 Å². The first-order valence-electron chi connectivity index (χ1n) is 8.32. The van der Waals surface area contributed by atoms with Crippen LogP contribution in [-0.2, 0) is 18.3 Å². The number of nitrogens with zero attached hydrogens (tertiary/aromatic N) is 4. The molecule has 2 aliphatic heterocycles. The van der Waals surface area contributed by atoms with Gasteiger partial charge in [0.05, 0.1) is 30.7 Å². The minimum absolute atomic E-state index is 0.0271. The molecule has 2 aromatic rings. The van der Waals surface area contributed by atoms with Gasteiger partial charge in [0.15, 0.2) is 0 Å². The smallest absolute Gasteiger partial charge is 0.257 e. The van der Waals surface area contributed by atoms with E-state index in [1.54, 1.807) is 6.07 Å². The summed E-state index contributed by atoms with van der Waals surface area (Å²) in [5.41, 5.74) is 1.82. The summed E-state index contributed by atoms with van der Waals surface area (Å²) in [5, 5.41) is 4.23. The Balaban J connectivity index is 1.40. The lowest BCUT2D eigenvalue weighted by Gasteiger charge is -2.22. The lowest BCUT2D eigenvalue weighted by atomic mass is 10.1. The highest BCUT2D eigenvalue weighted by molar-refractivity contribution is 5.94. The van der Waals surface area contributed by atoms with E-state index in [0.29, 0.717) is 24.6 Å². The molecule has 2 saturated heterocycles. The highest BCUT2D eigenvalue weighted by atomic mass is 16.5. The molecule has 128 valence electrons. The third kappa shape index (κ3) is 3.09. The second-order valence-electron chi connectivity index (χ2n) is 6.65. The van der Waals surface area contributed by atoms with Gasteiger partial charge in [-0.2, -0.15) is 5.10 Å². The van der Waals surface area contributed by atoms with Crippen LogP contribution in [0.5, 0.6) is 0 Å². The molecule has 4 rings (SSSR count). The van der Waals surface area contributed by atoms with E-state index in [2.05, 4.69) is 10.00 Å². The number of carbonyl (C=O) groups excluding carboxylic acids is 1. The minimum Gasteiger partial charge on any atom is -0.472 e. The lowest BCUT2D eigenvalue weighted by Crippen LogP contribution is -2.33. The number of aryl methyl sites for hydroxylation is 1. The summed E-state index contributed by atoms with van der Waals surface area (Å²) < 4.78 is 12.9. The van der Waals surface area contributed by atoms with Gasteiger partial charge in [0.2, 0.25) is 0 Å². The summed E-state index contributed by atoms with van der Waals surface area (Å²) in [5.74, 6) is 0.374. The van der Waals surface area contributed by atoms with E-state index in [1.807, 2.05) is 29.0 Å². The van der Waals surface area contributed by atoms with E-state index in [0.717, 1.165) is 26.2 Å². The fraction of sp³-hybridized carbons (Fsp3) is 0.529. The second-order valence-corrected chi connectivity index (χ2v) is 6.65. The van der Waals surface area contributed by atoms with Crippen LogP contribution in [0.15, 0.2) is 35.4 Å². The fourth-order valence-electron chi connectivity index (χ4n) is 3.65. The normalized spacial score (nSPS) is 24.8. The maximum atomic E-state index is 12.5. The molecule has 0 N–H and O–H groups in total. The van der Waals surface area contributed by atoms with Crippen LogP contribution in [0.3, 0.4) is 0 Å². The van der Waals surface area contributed by atoms with Crippen LogP contribution in [0.25, 0.3) is 0 Å². The molecule has 0 aliphatic carbocycles. The van der Waals surface area contributed by atoms with Gasteiger partial charge in [0, 0.05) is 57.4 Å². The van der Waals surface area contributed by atoms with Gasteiger partial charge in [-0.05, 0) is 6.07 Å². The number of hydrogen-bond acceptors (Lipinski definition) is 5. The Morgan fingerprint density at radius 1 is 1.38 bits per heavy atom. The highest BCUT2D eigenvalue weighted by Crippen LogP contribution is 2.25. The number of rotatable bonds is 3. The summed E-state index contributed by atoms with van der Waals surface area (Å²) in [6.07, 6.45) is 7.12. The number of fused-ring (bicyclic) bond motifs is 1. The van der Waals surface area contributed by atoms with Crippen molar-refractivity contribution in [3.05, 3.63) is 42.1 Å². The standard InChI is InChI=1S/C17H22N4O3/c1-19-7-13(6-18-19)8-20-3-5-24-16-11-21(10-15(16)9-20)17(22)14-2-4-23-12-14/h2,4,6-7,12,15-16H,3,5,8-11H2,1H3/t15-,16+/m0/s1. The van der Waals surface area contributed by atoms with E-state index in [4.69, 9.17) is 9.15 Å². The van der Waals surface area contributed by atoms with Gasteiger partial charge in [-0.1, -0.05) is 0 Å². The first-order chi connectivity index (χ1) is 11.7. The summed E-state index contributed by atoms with van der Waals surface area (Å²) in [6.45, 7) is 4.82. The molecule has 2 atom stereocenters. The number of carbonyl (C=O) groups is 1. The second kappa shape index (κ2) is 6.41. The quantitative estimate of drug-likeness (QED) is 0.840. The number of furan rings is 1. The Morgan fingerprint density at radius 2 is 2.29 bits per heavy atom. The van der Waals surface area contributed by atoms with Crippen molar-refractivity contribution in [2.24, 2.45) is 13.0 Å². The SMILES string of the molecule is Cn1cc(CN2CCO[C@@H]3CN(C(=O)c4ccoc4)C[C@@H]3C2)cn1. The molecule has 4 heterocycles. The first kappa shape index (κ1) is 15.4. The van der Waals surface area contributed by atoms with Crippen molar-refractivity contribution in [3.63, 3.8) is 0 Å². The Hall–Kier alpha value is -2.12. The molecule has 0 saturated carbocycles. The summed E-state index contributed by atoms with van der Waals surface area (Å²) in [4.78, 5) is 16.8. The third-order valence-electron chi connectivity index (χ3n) is 4.83. The maximum Gasteiger partial charge on any atom is 0.257 e. The number of aromatic nitrogens is 2. The number of likely N-dealkylation sites (tertiary alicyclic amines) is 1. The van der Waals surface area contributed by atoms with Crippen molar-refractivity contribution in [2.75, 3.05) is 32.8 Å². The van der Waals surface area contributed by atoms with E-state index in [1.165, 1.54) is 18.1 Å². The summed E-state index contributed by atoms with van der Waals surface area (Å²) in [6, 6.07) is 1.71. The molecule has 2 aliphatic rings. The highest BCUT2D eigenvalue weighted by Gasteiger charge is 2.38. The lowest BCUT2D eigenvalue weighted by molar-refractivity contribution is 0.0483. The van der Waals surface area contributed by atoms with Crippen LogP contribution in [0, 0.1) is 5.92 Å². The average molecular weight is 330 g/mol. The van der Waals surface area contributed by atoms with Crippen LogP contribution in [0.2, 0.25) is 0 Å². The van der Waals surface area contributed by atoms with Crippen molar-refractivity contribution in [1.29, 1.82) is 0 Å². The molecular weight excluding hydrogens is 308 g/mol.